The van der Waals surface area contributed by atoms with Crippen LogP contribution >= 0.6 is 0 Å². The van der Waals surface area contributed by atoms with E-state index in [-0.39, 0.29) is 15.5 Å². The fourth-order valence-electron chi connectivity index (χ4n) is 5.85. The summed E-state index contributed by atoms with van der Waals surface area (Å²) in [6.07, 6.45) is 7.50. The first kappa shape index (κ1) is 37.6. The lowest BCUT2D eigenvalue weighted by atomic mass is 9.90. The van der Waals surface area contributed by atoms with E-state index in [1.807, 2.05) is 73.1 Å². The Hall–Kier alpha value is -4.70. The summed E-state index contributed by atoms with van der Waals surface area (Å²) >= 11 is -2.44. The molecule has 1 unspecified atom stereocenters. The summed E-state index contributed by atoms with van der Waals surface area (Å²) in [5, 5.41) is 0. The summed E-state index contributed by atoms with van der Waals surface area (Å²) in [4.78, 5) is 1.68. The van der Waals surface area contributed by atoms with Crippen molar-refractivity contribution in [3.05, 3.63) is 149 Å². The zero-order chi connectivity index (χ0) is 36.8. The highest BCUT2D eigenvalue weighted by Crippen LogP contribution is 2.35. The minimum absolute atomic E-state index is 0.183. The molecule has 3 N–H and O–H groups in total. The van der Waals surface area contributed by atoms with Gasteiger partial charge in [0.2, 0.25) is 0 Å². The van der Waals surface area contributed by atoms with Crippen molar-refractivity contribution in [3.8, 4) is 5.75 Å². The van der Waals surface area contributed by atoms with Crippen LogP contribution in [0.4, 0.5) is 5.69 Å². The highest BCUT2D eigenvalue weighted by molar-refractivity contribution is 7.86. The van der Waals surface area contributed by atoms with Gasteiger partial charge in [0.25, 0.3) is 20.2 Å². The Bertz CT molecular complexity index is 2280. The van der Waals surface area contributed by atoms with E-state index in [1.165, 1.54) is 18.2 Å². The molecule has 1 atom stereocenters. The maximum Gasteiger partial charge on any atom is 0.357 e. The molecule has 0 radical (unpaired) electrons. The van der Waals surface area contributed by atoms with Crippen LogP contribution < -0.4 is 9.08 Å². The van der Waals surface area contributed by atoms with E-state index in [2.05, 4.69) is 4.90 Å². The molecule has 1 aliphatic carbocycles. The van der Waals surface area contributed by atoms with E-state index in [4.69, 9.17) is 8.74 Å². The van der Waals surface area contributed by atoms with Gasteiger partial charge in [0.15, 0.2) is 12.3 Å². The van der Waals surface area contributed by atoms with E-state index in [0.29, 0.717) is 54.0 Å². The maximum atomic E-state index is 12.5. The number of anilines is 1. The van der Waals surface area contributed by atoms with Gasteiger partial charge in [0.1, 0.15) is 17.2 Å². The van der Waals surface area contributed by atoms with Crippen LogP contribution in [0.5, 0.6) is 5.75 Å². The predicted molar refractivity (Wildman–Crippen MR) is 197 cm³/mol. The van der Waals surface area contributed by atoms with Crippen LogP contribution in [0, 0.1) is 0 Å². The van der Waals surface area contributed by atoms with Gasteiger partial charge in [-0.1, -0.05) is 54.6 Å². The van der Waals surface area contributed by atoms with Gasteiger partial charge in [-0.2, -0.15) is 21.0 Å². The summed E-state index contributed by atoms with van der Waals surface area (Å²) in [7, 11) is -8.93. The van der Waals surface area contributed by atoms with Gasteiger partial charge in [-0.3, -0.25) is 13.7 Å². The van der Waals surface area contributed by atoms with Crippen molar-refractivity contribution in [2.75, 3.05) is 18.0 Å². The molecule has 0 aliphatic heterocycles. The molecule has 51 heavy (non-hydrogen) atoms. The quantitative estimate of drug-likeness (QED) is 0.0801. The molecule has 14 heteroatoms. The zero-order valence-corrected chi connectivity index (χ0v) is 30.2. The Labute approximate surface area is 300 Å². The number of hydrogen-bond acceptors (Lipinski definition) is 7. The first-order chi connectivity index (χ1) is 24.3. The minimum atomic E-state index is -4.58. The molecule has 11 nitrogen and oxygen atoms in total. The number of hydrogen-bond donors (Lipinski definition) is 3. The van der Waals surface area contributed by atoms with Gasteiger partial charge in [-0.15, -0.1) is 0 Å². The summed E-state index contributed by atoms with van der Waals surface area (Å²) in [5.41, 5.74) is 5.56. The SMILES string of the molecule is CCN(Cc1cccc(OS(=O)O)c1)c1ccc(C(=C2C=CC(=[N+](CC)Cc3cccc(S(=O)(=O)O)c3)C=C2)c2ccccc2S(=O)(=O)O)cc1. The lowest BCUT2D eigenvalue weighted by Gasteiger charge is -2.24. The lowest BCUT2D eigenvalue weighted by Crippen LogP contribution is -2.22. The van der Waals surface area contributed by atoms with Crippen molar-refractivity contribution in [2.24, 2.45) is 0 Å². The maximum absolute atomic E-state index is 12.5. The Kier molecular flexibility index (Phi) is 11.9. The second-order valence-corrected chi connectivity index (χ2v) is 15.0. The number of allylic oxidation sites excluding steroid dienone is 5. The van der Waals surface area contributed by atoms with Crippen LogP contribution in [0.3, 0.4) is 0 Å². The summed E-state index contributed by atoms with van der Waals surface area (Å²) in [6, 6.07) is 26.9. The Morgan fingerprint density at radius 3 is 2.08 bits per heavy atom. The molecular weight excluding hydrogens is 713 g/mol. The van der Waals surface area contributed by atoms with Crippen LogP contribution in [0.25, 0.3) is 5.57 Å². The van der Waals surface area contributed by atoms with Crippen LogP contribution in [0.15, 0.2) is 137 Å². The molecule has 0 amide bonds. The van der Waals surface area contributed by atoms with Gasteiger partial charge in [-0.25, -0.2) is 4.58 Å². The van der Waals surface area contributed by atoms with Crippen LogP contribution in [0.1, 0.15) is 36.1 Å². The number of benzene rings is 4. The normalized spacial score (nSPS) is 13.6. The molecule has 0 spiro atoms. The average Bonchev–Trinajstić information content (AvgIpc) is 3.10. The van der Waals surface area contributed by atoms with Crippen LogP contribution in [0.2, 0.25) is 0 Å². The second kappa shape index (κ2) is 16.1. The van der Waals surface area contributed by atoms with Crippen LogP contribution in [-0.4, -0.2) is 58.1 Å². The highest BCUT2D eigenvalue weighted by atomic mass is 32.2. The molecule has 266 valence electrons. The third kappa shape index (κ3) is 9.55. The molecule has 0 saturated heterocycles. The third-order valence-corrected chi connectivity index (χ3v) is 10.3. The van der Waals surface area contributed by atoms with E-state index < -0.39 is 31.6 Å². The summed E-state index contributed by atoms with van der Waals surface area (Å²) < 4.78 is 95.3. The fourth-order valence-corrected chi connectivity index (χ4v) is 7.37. The van der Waals surface area contributed by atoms with Gasteiger partial charge < -0.3 is 9.08 Å². The Balaban J connectivity index is 1.53. The van der Waals surface area contributed by atoms with Crippen molar-refractivity contribution in [2.45, 2.75) is 36.7 Å². The molecular formula is C37H37N2O9S3+. The molecule has 4 aromatic rings. The highest BCUT2D eigenvalue weighted by Gasteiger charge is 2.22. The van der Waals surface area contributed by atoms with Gasteiger partial charge in [-0.05, 0) is 90.7 Å². The lowest BCUT2D eigenvalue weighted by molar-refractivity contribution is -0.539. The largest absolute Gasteiger partial charge is 0.380 e. The average molecular weight is 750 g/mol. The first-order valence-electron chi connectivity index (χ1n) is 15.9. The molecule has 1 aliphatic rings. The van der Waals surface area contributed by atoms with Crippen molar-refractivity contribution in [1.82, 2.24) is 0 Å². The van der Waals surface area contributed by atoms with E-state index >= 15 is 0 Å². The number of nitrogens with zero attached hydrogens (tertiary/aromatic N) is 2. The minimum Gasteiger partial charge on any atom is -0.380 e. The van der Waals surface area contributed by atoms with Crippen molar-refractivity contribution in [1.29, 1.82) is 0 Å². The van der Waals surface area contributed by atoms with Crippen molar-refractivity contribution >= 4 is 48.6 Å². The van der Waals surface area contributed by atoms with Crippen molar-refractivity contribution in [3.63, 3.8) is 0 Å². The first-order valence-corrected chi connectivity index (χ1v) is 19.8. The van der Waals surface area contributed by atoms with Gasteiger partial charge in [0.05, 0.1) is 4.90 Å². The van der Waals surface area contributed by atoms with Crippen molar-refractivity contribution < 1.29 is 43.5 Å². The van der Waals surface area contributed by atoms with E-state index in [0.717, 1.165) is 17.0 Å². The molecule has 0 bridgehead atoms. The van der Waals surface area contributed by atoms with E-state index in [1.54, 1.807) is 48.5 Å². The molecule has 5 rings (SSSR count). The molecule has 0 fully saturated rings. The Morgan fingerprint density at radius 2 is 1.45 bits per heavy atom. The third-order valence-electron chi connectivity index (χ3n) is 8.25. The van der Waals surface area contributed by atoms with Gasteiger partial charge in [0, 0.05) is 42.1 Å². The molecule has 0 aromatic heterocycles. The topological polar surface area (TPSA) is 162 Å². The molecule has 4 aromatic carbocycles. The Morgan fingerprint density at radius 1 is 0.784 bits per heavy atom. The van der Waals surface area contributed by atoms with Crippen LogP contribution in [-0.2, 0) is 44.7 Å². The standard InChI is InChI=1S/C37H36N2O9S3/c1-3-38(25-27-9-7-11-33(23-27)48-49(40)41)31-19-15-29(16-20-31)37(35-13-5-6-14-36(35)51(45,46)47)30-17-21-32(22-18-30)39(4-2)26-28-10-8-12-34(24-28)50(42,43)44/h5-24H,3-4,25-26H2,1-2H3,(H2-,40,41,42,43,44,45,46,47)/p+1. The van der Waals surface area contributed by atoms with Gasteiger partial charge >= 0.3 is 11.4 Å². The predicted octanol–water partition coefficient (Wildman–Crippen LogP) is 6.32. The summed E-state index contributed by atoms with van der Waals surface area (Å²) in [6.45, 7) is 6.06. The number of rotatable bonds is 13. The summed E-state index contributed by atoms with van der Waals surface area (Å²) in [5.74, 6) is 0.274. The monoisotopic (exact) mass is 749 g/mol. The fraction of sp³-hybridized carbons (Fsp3) is 0.162. The van der Waals surface area contributed by atoms with E-state index in [9.17, 15) is 30.1 Å². The second-order valence-electron chi connectivity index (χ2n) is 11.5. The molecule has 0 saturated carbocycles. The zero-order valence-electron chi connectivity index (χ0n) is 27.8. The smallest absolute Gasteiger partial charge is 0.357 e. The molecule has 0 heterocycles.